The van der Waals surface area contributed by atoms with Crippen molar-refractivity contribution in [2.24, 2.45) is 5.41 Å². The maximum absolute atomic E-state index is 11.5. The monoisotopic (exact) mass is 245 g/mol. The highest BCUT2D eigenvalue weighted by Crippen LogP contribution is 2.36. The van der Waals surface area contributed by atoms with Crippen molar-refractivity contribution in [2.75, 3.05) is 11.5 Å². The molecule has 0 saturated heterocycles. The maximum Gasteiger partial charge on any atom is 0.313 e. The van der Waals surface area contributed by atoms with Crippen LogP contribution in [0.15, 0.2) is 0 Å². The molecule has 4 nitrogen and oxygen atoms in total. The van der Waals surface area contributed by atoms with Gasteiger partial charge in [-0.2, -0.15) is 0 Å². The zero-order valence-electron chi connectivity index (χ0n) is 9.78. The molecule has 0 radical (unpaired) electrons. The molecule has 2 N–H and O–H groups in total. The largest absolute Gasteiger partial charge is 0.481 e. The van der Waals surface area contributed by atoms with Gasteiger partial charge in [-0.15, -0.1) is 11.8 Å². The molecule has 0 heterocycles. The molecule has 1 amide bonds. The highest BCUT2D eigenvalue weighted by Gasteiger charge is 2.31. The summed E-state index contributed by atoms with van der Waals surface area (Å²) >= 11 is 1.14. The van der Waals surface area contributed by atoms with Crippen LogP contribution in [-0.2, 0) is 9.59 Å². The van der Waals surface area contributed by atoms with E-state index in [-0.39, 0.29) is 23.5 Å². The fraction of sp³-hybridized carbons (Fsp3) is 0.818. The smallest absolute Gasteiger partial charge is 0.313 e. The van der Waals surface area contributed by atoms with Crippen LogP contribution in [0.3, 0.4) is 0 Å². The van der Waals surface area contributed by atoms with E-state index in [1.165, 1.54) is 0 Å². The number of carboxylic acids is 1. The van der Waals surface area contributed by atoms with E-state index in [1.807, 2.05) is 0 Å². The second kappa shape index (κ2) is 5.57. The van der Waals surface area contributed by atoms with E-state index in [9.17, 15) is 9.59 Å². The van der Waals surface area contributed by atoms with Crippen molar-refractivity contribution in [1.82, 2.24) is 5.32 Å². The molecule has 1 saturated carbocycles. The topological polar surface area (TPSA) is 66.4 Å². The number of rotatable bonds is 5. The molecule has 0 aliphatic heterocycles. The summed E-state index contributed by atoms with van der Waals surface area (Å²) in [7, 11) is 0. The molecule has 1 atom stereocenters. The molecule has 0 spiro atoms. The summed E-state index contributed by atoms with van der Waals surface area (Å²) in [5, 5.41) is 11.4. The third kappa shape index (κ3) is 4.88. The zero-order valence-corrected chi connectivity index (χ0v) is 10.6. The first-order chi connectivity index (χ1) is 7.39. The molecule has 0 aromatic carbocycles. The van der Waals surface area contributed by atoms with Crippen LogP contribution in [0.1, 0.15) is 33.1 Å². The number of nitrogens with one attached hydrogen (secondary N) is 1. The fourth-order valence-corrected chi connectivity index (χ4v) is 2.61. The molecule has 92 valence electrons. The molecule has 1 aliphatic carbocycles. The van der Waals surface area contributed by atoms with Crippen molar-refractivity contribution in [3.8, 4) is 0 Å². The minimum absolute atomic E-state index is 0.0103. The van der Waals surface area contributed by atoms with E-state index >= 15 is 0 Å². The summed E-state index contributed by atoms with van der Waals surface area (Å²) in [5.74, 6) is -0.693. The molecule has 1 unspecified atom stereocenters. The summed E-state index contributed by atoms with van der Waals surface area (Å²) in [6, 6.07) is 0.271. The second-order valence-electron chi connectivity index (χ2n) is 5.06. The Morgan fingerprint density at radius 3 is 2.62 bits per heavy atom. The van der Waals surface area contributed by atoms with Gasteiger partial charge in [-0.1, -0.05) is 13.8 Å². The number of carbonyl (C=O) groups is 2. The average molecular weight is 245 g/mol. The van der Waals surface area contributed by atoms with Gasteiger partial charge >= 0.3 is 5.97 Å². The molecule has 1 rings (SSSR count). The van der Waals surface area contributed by atoms with Crippen LogP contribution in [0.2, 0.25) is 0 Å². The van der Waals surface area contributed by atoms with Crippen LogP contribution >= 0.6 is 11.8 Å². The van der Waals surface area contributed by atoms with Crippen molar-refractivity contribution in [2.45, 2.75) is 39.2 Å². The highest BCUT2D eigenvalue weighted by molar-refractivity contribution is 8.00. The molecule has 0 bridgehead atoms. The second-order valence-corrected chi connectivity index (χ2v) is 6.04. The Morgan fingerprint density at radius 1 is 1.44 bits per heavy atom. The summed E-state index contributed by atoms with van der Waals surface area (Å²) in [5.41, 5.74) is 0.326. The first-order valence-electron chi connectivity index (χ1n) is 5.48. The van der Waals surface area contributed by atoms with Crippen molar-refractivity contribution >= 4 is 23.6 Å². The molecule has 1 fully saturated rings. The third-order valence-corrected chi connectivity index (χ3v) is 3.71. The Balaban J connectivity index is 2.18. The van der Waals surface area contributed by atoms with Gasteiger partial charge in [0.15, 0.2) is 0 Å². The van der Waals surface area contributed by atoms with Gasteiger partial charge in [-0.25, -0.2) is 0 Å². The Kier molecular flexibility index (Phi) is 4.65. The Bertz CT molecular complexity index is 278. The van der Waals surface area contributed by atoms with E-state index in [4.69, 9.17) is 5.11 Å². The Labute approximate surface area is 100 Å². The SMILES string of the molecule is CC1(C)CCC(NC(=O)CSCC(=O)O)C1. The number of thioether (sulfide) groups is 1. The summed E-state index contributed by atoms with van der Waals surface area (Å²) in [6.07, 6.45) is 3.19. The molecular formula is C11H19NO3S. The first kappa shape index (κ1) is 13.4. The van der Waals surface area contributed by atoms with E-state index < -0.39 is 5.97 Å². The van der Waals surface area contributed by atoms with E-state index in [2.05, 4.69) is 19.2 Å². The number of aliphatic carboxylic acids is 1. The third-order valence-electron chi connectivity index (χ3n) is 2.79. The van der Waals surface area contributed by atoms with Crippen LogP contribution in [0.4, 0.5) is 0 Å². The molecule has 1 aliphatic rings. The van der Waals surface area contributed by atoms with Crippen LogP contribution in [0.5, 0.6) is 0 Å². The zero-order chi connectivity index (χ0) is 12.2. The molecule has 16 heavy (non-hydrogen) atoms. The number of amides is 1. The predicted octanol–water partition coefficient (Wildman–Crippen LogP) is 1.50. The summed E-state index contributed by atoms with van der Waals surface area (Å²) in [4.78, 5) is 21.7. The van der Waals surface area contributed by atoms with Crippen molar-refractivity contribution in [3.05, 3.63) is 0 Å². The number of hydrogen-bond acceptors (Lipinski definition) is 3. The quantitative estimate of drug-likeness (QED) is 0.770. The van der Waals surface area contributed by atoms with Gasteiger partial charge < -0.3 is 10.4 Å². The van der Waals surface area contributed by atoms with Crippen molar-refractivity contribution < 1.29 is 14.7 Å². The average Bonchev–Trinajstić information content (AvgIpc) is 2.44. The molecule has 0 aromatic rings. The summed E-state index contributed by atoms with van der Waals surface area (Å²) in [6.45, 7) is 4.41. The van der Waals surface area contributed by atoms with Crippen LogP contribution in [-0.4, -0.2) is 34.5 Å². The fourth-order valence-electron chi connectivity index (χ4n) is 2.06. The van der Waals surface area contributed by atoms with Gasteiger partial charge in [-0.05, 0) is 24.7 Å². The van der Waals surface area contributed by atoms with E-state index in [0.717, 1.165) is 31.0 Å². The van der Waals surface area contributed by atoms with Gasteiger partial charge in [0.05, 0.1) is 11.5 Å². The maximum atomic E-state index is 11.5. The van der Waals surface area contributed by atoms with Gasteiger partial charge in [0, 0.05) is 6.04 Å². The van der Waals surface area contributed by atoms with E-state index in [1.54, 1.807) is 0 Å². The van der Waals surface area contributed by atoms with Gasteiger partial charge in [-0.3, -0.25) is 9.59 Å². The minimum Gasteiger partial charge on any atom is -0.481 e. The number of carboxylic acid groups (broad SMARTS) is 1. The lowest BCUT2D eigenvalue weighted by atomic mass is 9.92. The van der Waals surface area contributed by atoms with Crippen LogP contribution in [0, 0.1) is 5.41 Å². The Hall–Kier alpha value is -0.710. The van der Waals surface area contributed by atoms with Crippen molar-refractivity contribution in [1.29, 1.82) is 0 Å². The van der Waals surface area contributed by atoms with Crippen LogP contribution < -0.4 is 5.32 Å². The first-order valence-corrected chi connectivity index (χ1v) is 6.63. The molecule has 5 heteroatoms. The Morgan fingerprint density at radius 2 is 2.12 bits per heavy atom. The highest BCUT2D eigenvalue weighted by atomic mass is 32.2. The minimum atomic E-state index is -0.875. The van der Waals surface area contributed by atoms with Gasteiger partial charge in [0.1, 0.15) is 0 Å². The lowest BCUT2D eigenvalue weighted by Gasteiger charge is -2.17. The normalized spacial score (nSPS) is 23.0. The van der Waals surface area contributed by atoms with E-state index in [0.29, 0.717) is 5.41 Å². The summed E-state index contributed by atoms with van der Waals surface area (Å²) < 4.78 is 0. The molecular weight excluding hydrogens is 226 g/mol. The lowest BCUT2D eigenvalue weighted by Crippen LogP contribution is -2.34. The lowest BCUT2D eigenvalue weighted by molar-refractivity contribution is -0.133. The predicted molar refractivity (Wildman–Crippen MR) is 64.5 cm³/mol. The van der Waals surface area contributed by atoms with Crippen molar-refractivity contribution in [3.63, 3.8) is 0 Å². The number of hydrogen-bond donors (Lipinski definition) is 2. The van der Waals surface area contributed by atoms with Gasteiger partial charge in [0.25, 0.3) is 0 Å². The van der Waals surface area contributed by atoms with Crippen LogP contribution in [0.25, 0.3) is 0 Å². The standard InChI is InChI=1S/C11H19NO3S/c1-11(2)4-3-8(5-11)12-9(13)6-16-7-10(14)15/h8H,3-7H2,1-2H3,(H,12,13)(H,14,15). The molecule has 0 aromatic heterocycles. The van der Waals surface area contributed by atoms with Gasteiger partial charge in [0.2, 0.25) is 5.91 Å². The number of carbonyl (C=O) groups excluding carboxylic acids is 1.